The van der Waals surface area contributed by atoms with Crippen LogP contribution < -0.4 is 4.74 Å². The predicted molar refractivity (Wildman–Crippen MR) is 91.6 cm³/mol. The first kappa shape index (κ1) is 17.8. The van der Waals surface area contributed by atoms with Gasteiger partial charge in [-0.05, 0) is 18.6 Å². The lowest BCUT2D eigenvalue weighted by atomic mass is 10.0. The molecule has 132 valence electrons. The molecule has 0 atom stereocenters. The first-order chi connectivity index (χ1) is 11.6. The van der Waals surface area contributed by atoms with Crippen LogP contribution in [0.5, 0.6) is 5.75 Å². The largest absolute Gasteiger partial charge is 0.492 e. The summed E-state index contributed by atoms with van der Waals surface area (Å²) in [6.45, 7) is 3.09. The van der Waals surface area contributed by atoms with E-state index in [1.807, 2.05) is 4.90 Å². The Labute approximate surface area is 151 Å². The van der Waals surface area contributed by atoms with Gasteiger partial charge in [-0.15, -0.1) is 0 Å². The standard InChI is InChI=1S/C17H21Cl2NO4/c18-13-3-1-4-14(16(13)19)22-10-2-5-15(21)20-8-6-17(7-9-20)23-11-12-24-17/h1,3-4H,2,5-12H2. The van der Waals surface area contributed by atoms with E-state index >= 15 is 0 Å². The maximum Gasteiger partial charge on any atom is 0.222 e. The molecule has 0 N–H and O–H groups in total. The zero-order chi connectivity index (χ0) is 17.0. The van der Waals surface area contributed by atoms with Crippen LogP contribution in [-0.4, -0.2) is 49.5 Å². The van der Waals surface area contributed by atoms with E-state index in [1.54, 1.807) is 18.2 Å². The van der Waals surface area contributed by atoms with Gasteiger partial charge in [0.25, 0.3) is 0 Å². The molecule has 2 aliphatic rings. The molecule has 1 aromatic rings. The summed E-state index contributed by atoms with van der Waals surface area (Å²) in [6, 6.07) is 5.26. The number of halogens is 2. The number of amides is 1. The Morgan fingerprint density at radius 1 is 1.21 bits per heavy atom. The molecular formula is C17H21Cl2NO4. The summed E-state index contributed by atoms with van der Waals surface area (Å²) in [5, 5.41) is 0.868. The van der Waals surface area contributed by atoms with Gasteiger partial charge in [0.05, 0.1) is 24.8 Å². The number of piperidine rings is 1. The van der Waals surface area contributed by atoms with Gasteiger partial charge >= 0.3 is 0 Å². The van der Waals surface area contributed by atoms with Gasteiger partial charge < -0.3 is 19.1 Å². The lowest BCUT2D eigenvalue weighted by Crippen LogP contribution is -2.47. The molecule has 0 aromatic heterocycles. The quantitative estimate of drug-likeness (QED) is 0.740. The number of hydrogen-bond acceptors (Lipinski definition) is 4. The molecule has 1 spiro atoms. The highest BCUT2D eigenvalue weighted by Gasteiger charge is 2.40. The summed E-state index contributed by atoms with van der Waals surface area (Å²) >= 11 is 12.0. The van der Waals surface area contributed by atoms with Crippen LogP contribution in [0.25, 0.3) is 0 Å². The second-order valence-electron chi connectivity index (χ2n) is 5.99. The van der Waals surface area contributed by atoms with Crippen LogP contribution in [0.4, 0.5) is 0 Å². The zero-order valence-electron chi connectivity index (χ0n) is 13.4. The molecule has 24 heavy (non-hydrogen) atoms. The molecule has 1 amide bonds. The number of likely N-dealkylation sites (tertiary alicyclic amines) is 1. The summed E-state index contributed by atoms with van der Waals surface area (Å²) in [5.74, 6) is 0.249. The number of benzene rings is 1. The third kappa shape index (κ3) is 4.14. The van der Waals surface area contributed by atoms with Gasteiger partial charge in [0, 0.05) is 32.4 Å². The van der Waals surface area contributed by atoms with E-state index in [9.17, 15) is 4.79 Å². The summed E-state index contributed by atoms with van der Waals surface area (Å²) in [5.41, 5.74) is 0. The predicted octanol–water partition coefficient (Wildman–Crippen LogP) is 3.52. The van der Waals surface area contributed by atoms with Gasteiger partial charge in [-0.3, -0.25) is 4.79 Å². The maximum absolute atomic E-state index is 12.3. The summed E-state index contributed by atoms with van der Waals surface area (Å²) in [6.07, 6.45) is 2.57. The smallest absolute Gasteiger partial charge is 0.222 e. The highest BCUT2D eigenvalue weighted by atomic mass is 35.5. The Kier molecular flexibility index (Phi) is 5.87. The van der Waals surface area contributed by atoms with E-state index in [1.165, 1.54) is 0 Å². The van der Waals surface area contributed by atoms with Crippen molar-refractivity contribution in [2.24, 2.45) is 0 Å². The molecule has 0 radical (unpaired) electrons. The highest BCUT2D eigenvalue weighted by molar-refractivity contribution is 6.42. The van der Waals surface area contributed by atoms with E-state index in [0.29, 0.717) is 61.5 Å². The molecule has 7 heteroatoms. The average Bonchev–Trinajstić information content (AvgIpc) is 3.04. The minimum atomic E-state index is -0.441. The average molecular weight is 374 g/mol. The third-order valence-electron chi connectivity index (χ3n) is 4.40. The zero-order valence-corrected chi connectivity index (χ0v) is 14.9. The minimum absolute atomic E-state index is 0.142. The molecule has 5 nitrogen and oxygen atoms in total. The van der Waals surface area contributed by atoms with Crippen LogP contribution in [0.3, 0.4) is 0 Å². The van der Waals surface area contributed by atoms with Crippen LogP contribution in [0.1, 0.15) is 25.7 Å². The number of nitrogens with zero attached hydrogens (tertiary/aromatic N) is 1. The van der Waals surface area contributed by atoms with Crippen molar-refractivity contribution in [1.29, 1.82) is 0 Å². The van der Waals surface area contributed by atoms with Crippen molar-refractivity contribution in [3.8, 4) is 5.75 Å². The van der Waals surface area contributed by atoms with Gasteiger partial charge in [-0.2, -0.15) is 0 Å². The lowest BCUT2D eigenvalue weighted by molar-refractivity contribution is -0.187. The SMILES string of the molecule is O=C(CCCOc1cccc(Cl)c1Cl)N1CCC2(CC1)OCCO2. The molecule has 0 unspecified atom stereocenters. The van der Waals surface area contributed by atoms with Gasteiger partial charge in [0.1, 0.15) is 10.8 Å². The summed E-state index contributed by atoms with van der Waals surface area (Å²) < 4.78 is 17.0. The van der Waals surface area contributed by atoms with E-state index in [0.717, 1.165) is 12.8 Å². The fraction of sp³-hybridized carbons (Fsp3) is 0.588. The Morgan fingerprint density at radius 2 is 1.92 bits per heavy atom. The van der Waals surface area contributed by atoms with Crippen molar-refractivity contribution in [1.82, 2.24) is 4.90 Å². The molecular weight excluding hydrogens is 353 g/mol. The molecule has 0 aliphatic carbocycles. The first-order valence-electron chi connectivity index (χ1n) is 8.22. The topological polar surface area (TPSA) is 48.0 Å². The van der Waals surface area contributed by atoms with Crippen LogP contribution in [0.15, 0.2) is 18.2 Å². The normalized spacial score (nSPS) is 19.7. The molecule has 2 heterocycles. The molecule has 2 fully saturated rings. The monoisotopic (exact) mass is 373 g/mol. The van der Waals surface area contributed by atoms with Crippen molar-refractivity contribution < 1.29 is 19.0 Å². The molecule has 0 saturated carbocycles. The van der Waals surface area contributed by atoms with Crippen molar-refractivity contribution in [3.05, 3.63) is 28.2 Å². The third-order valence-corrected chi connectivity index (χ3v) is 5.20. The van der Waals surface area contributed by atoms with E-state index in [2.05, 4.69) is 0 Å². The molecule has 2 aliphatic heterocycles. The number of hydrogen-bond donors (Lipinski definition) is 0. The molecule has 0 bridgehead atoms. The van der Waals surface area contributed by atoms with Crippen LogP contribution in [0, 0.1) is 0 Å². The van der Waals surface area contributed by atoms with Crippen LogP contribution in [-0.2, 0) is 14.3 Å². The van der Waals surface area contributed by atoms with Gasteiger partial charge in [-0.25, -0.2) is 0 Å². The van der Waals surface area contributed by atoms with E-state index in [-0.39, 0.29) is 5.91 Å². The Hall–Kier alpha value is -1.01. The van der Waals surface area contributed by atoms with Gasteiger partial charge in [0.15, 0.2) is 5.79 Å². The first-order valence-corrected chi connectivity index (χ1v) is 8.98. The molecule has 2 saturated heterocycles. The number of ether oxygens (including phenoxy) is 3. The molecule has 3 rings (SSSR count). The Balaban J connectivity index is 1.38. The number of rotatable bonds is 5. The summed E-state index contributed by atoms with van der Waals surface area (Å²) in [4.78, 5) is 14.2. The van der Waals surface area contributed by atoms with Crippen LogP contribution >= 0.6 is 23.2 Å². The highest BCUT2D eigenvalue weighted by Crippen LogP contribution is 2.32. The fourth-order valence-electron chi connectivity index (χ4n) is 3.04. The fourth-order valence-corrected chi connectivity index (χ4v) is 3.39. The number of carbonyl (C=O) groups is 1. The van der Waals surface area contributed by atoms with Crippen molar-refractivity contribution in [2.45, 2.75) is 31.5 Å². The minimum Gasteiger partial charge on any atom is -0.492 e. The Morgan fingerprint density at radius 3 is 2.62 bits per heavy atom. The maximum atomic E-state index is 12.3. The van der Waals surface area contributed by atoms with Crippen LogP contribution in [0.2, 0.25) is 10.0 Å². The van der Waals surface area contributed by atoms with Crippen molar-refractivity contribution in [2.75, 3.05) is 32.9 Å². The van der Waals surface area contributed by atoms with E-state index in [4.69, 9.17) is 37.4 Å². The lowest BCUT2D eigenvalue weighted by Gasteiger charge is -2.37. The second kappa shape index (κ2) is 7.91. The van der Waals surface area contributed by atoms with Gasteiger partial charge in [-0.1, -0.05) is 29.3 Å². The van der Waals surface area contributed by atoms with Crippen molar-refractivity contribution in [3.63, 3.8) is 0 Å². The van der Waals surface area contributed by atoms with Crippen molar-refractivity contribution >= 4 is 29.1 Å². The summed E-state index contributed by atoms with van der Waals surface area (Å²) in [7, 11) is 0. The van der Waals surface area contributed by atoms with Gasteiger partial charge in [0.2, 0.25) is 5.91 Å². The van der Waals surface area contributed by atoms with E-state index < -0.39 is 5.79 Å². The number of carbonyl (C=O) groups excluding carboxylic acids is 1. The molecule has 1 aromatic carbocycles. The second-order valence-corrected chi connectivity index (χ2v) is 6.78. The Bertz CT molecular complexity index is 580.